The topological polar surface area (TPSA) is 29.4 Å². The van der Waals surface area contributed by atoms with Crippen LogP contribution in [0.5, 0.6) is 0 Å². The van der Waals surface area contributed by atoms with E-state index in [1.54, 1.807) is 25.4 Å². The third-order valence-corrected chi connectivity index (χ3v) is 2.19. The van der Waals surface area contributed by atoms with Crippen molar-refractivity contribution >= 4 is 23.6 Å². The van der Waals surface area contributed by atoms with Crippen LogP contribution in [0.2, 0.25) is 5.02 Å². The van der Waals surface area contributed by atoms with Gasteiger partial charge >= 0.3 is 0 Å². The van der Waals surface area contributed by atoms with Crippen LogP contribution in [0.3, 0.4) is 0 Å². The third-order valence-electron chi connectivity index (χ3n) is 1.86. The standard InChI is InChI=1S/C11H12ClNO/c1-13-8-4-7-11(14)9-5-2-3-6-10(9)12/h2-3,5-6,8H,4,7H2,1H3/b13-8+. The number of hydrogen-bond donors (Lipinski definition) is 0. The van der Waals surface area contributed by atoms with E-state index in [4.69, 9.17) is 11.6 Å². The molecule has 0 unspecified atom stereocenters. The van der Waals surface area contributed by atoms with Crippen molar-refractivity contribution in [1.29, 1.82) is 0 Å². The van der Waals surface area contributed by atoms with E-state index < -0.39 is 0 Å². The maximum absolute atomic E-state index is 11.6. The Bertz CT molecular complexity index is 347. The normalized spacial score (nSPS) is 10.7. The molecule has 0 saturated carbocycles. The fourth-order valence-corrected chi connectivity index (χ4v) is 1.39. The van der Waals surface area contributed by atoms with E-state index in [0.29, 0.717) is 23.4 Å². The van der Waals surface area contributed by atoms with Crippen LogP contribution < -0.4 is 0 Å². The molecule has 0 N–H and O–H groups in total. The van der Waals surface area contributed by atoms with E-state index in [-0.39, 0.29) is 5.78 Å². The minimum atomic E-state index is 0.0653. The molecule has 1 rings (SSSR count). The molecule has 0 atom stereocenters. The van der Waals surface area contributed by atoms with Gasteiger partial charge in [0.25, 0.3) is 0 Å². The molecule has 1 aromatic carbocycles. The van der Waals surface area contributed by atoms with Gasteiger partial charge in [0, 0.05) is 19.0 Å². The molecule has 2 nitrogen and oxygen atoms in total. The number of rotatable bonds is 4. The molecule has 0 bridgehead atoms. The monoisotopic (exact) mass is 209 g/mol. The minimum Gasteiger partial charge on any atom is -0.301 e. The Morgan fingerprint density at radius 2 is 2.21 bits per heavy atom. The van der Waals surface area contributed by atoms with Gasteiger partial charge in [-0.15, -0.1) is 0 Å². The predicted molar refractivity (Wildman–Crippen MR) is 59.4 cm³/mol. The van der Waals surface area contributed by atoms with Gasteiger partial charge in [-0.05, 0) is 24.8 Å². The van der Waals surface area contributed by atoms with Crippen LogP contribution in [0, 0.1) is 0 Å². The summed E-state index contributed by atoms with van der Waals surface area (Å²) in [5.41, 5.74) is 0.596. The van der Waals surface area contributed by atoms with Crippen LogP contribution in [0.25, 0.3) is 0 Å². The molecular weight excluding hydrogens is 198 g/mol. The summed E-state index contributed by atoms with van der Waals surface area (Å²) >= 11 is 5.88. The SMILES string of the molecule is C/N=C/CCC(=O)c1ccccc1Cl. The lowest BCUT2D eigenvalue weighted by Gasteiger charge is -2.00. The Labute approximate surface area is 88.6 Å². The molecule has 0 spiro atoms. The van der Waals surface area contributed by atoms with E-state index in [2.05, 4.69) is 4.99 Å². The van der Waals surface area contributed by atoms with Gasteiger partial charge in [-0.3, -0.25) is 4.79 Å². The summed E-state index contributed by atoms with van der Waals surface area (Å²) in [7, 11) is 1.69. The molecule has 1 aromatic rings. The number of hydrogen-bond acceptors (Lipinski definition) is 2. The summed E-state index contributed by atoms with van der Waals surface area (Å²) in [5, 5.41) is 0.519. The van der Waals surface area contributed by atoms with Gasteiger partial charge in [-0.2, -0.15) is 0 Å². The highest BCUT2D eigenvalue weighted by Crippen LogP contribution is 2.16. The van der Waals surface area contributed by atoms with Crippen molar-refractivity contribution < 1.29 is 4.79 Å². The number of carbonyl (C=O) groups is 1. The van der Waals surface area contributed by atoms with E-state index in [1.807, 2.05) is 12.1 Å². The first kappa shape index (κ1) is 10.9. The smallest absolute Gasteiger partial charge is 0.164 e. The molecule has 74 valence electrons. The lowest BCUT2D eigenvalue weighted by Crippen LogP contribution is -1.99. The van der Waals surface area contributed by atoms with Gasteiger partial charge in [0.15, 0.2) is 5.78 Å². The van der Waals surface area contributed by atoms with Gasteiger partial charge < -0.3 is 4.99 Å². The largest absolute Gasteiger partial charge is 0.301 e. The van der Waals surface area contributed by atoms with Crippen molar-refractivity contribution in [3.05, 3.63) is 34.9 Å². The van der Waals surface area contributed by atoms with Crippen LogP contribution in [-0.4, -0.2) is 19.0 Å². The average molecular weight is 210 g/mol. The Morgan fingerprint density at radius 1 is 1.50 bits per heavy atom. The van der Waals surface area contributed by atoms with Crippen LogP contribution in [0.15, 0.2) is 29.3 Å². The van der Waals surface area contributed by atoms with Gasteiger partial charge in [-0.25, -0.2) is 0 Å². The first-order valence-corrected chi connectivity index (χ1v) is 4.82. The van der Waals surface area contributed by atoms with Crippen molar-refractivity contribution in [3.8, 4) is 0 Å². The molecule has 0 aliphatic carbocycles. The summed E-state index contributed by atoms with van der Waals surface area (Å²) in [6.45, 7) is 0. The third kappa shape index (κ3) is 2.96. The van der Waals surface area contributed by atoms with Crippen LogP contribution >= 0.6 is 11.6 Å². The zero-order chi connectivity index (χ0) is 10.4. The molecule has 0 aliphatic rings. The Balaban J connectivity index is 2.65. The second-order valence-electron chi connectivity index (χ2n) is 2.88. The summed E-state index contributed by atoms with van der Waals surface area (Å²) in [6, 6.07) is 7.09. The second-order valence-corrected chi connectivity index (χ2v) is 3.29. The first-order valence-electron chi connectivity index (χ1n) is 4.44. The average Bonchev–Trinajstić information content (AvgIpc) is 2.18. The van der Waals surface area contributed by atoms with E-state index in [0.717, 1.165) is 0 Å². The van der Waals surface area contributed by atoms with Gasteiger partial charge in [0.2, 0.25) is 0 Å². The molecule has 0 aliphatic heterocycles. The molecular formula is C11H12ClNO. The zero-order valence-electron chi connectivity index (χ0n) is 8.03. The van der Waals surface area contributed by atoms with Gasteiger partial charge in [0.1, 0.15) is 0 Å². The van der Waals surface area contributed by atoms with Crippen molar-refractivity contribution in [2.45, 2.75) is 12.8 Å². The van der Waals surface area contributed by atoms with Gasteiger partial charge in [0.05, 0.1) is 5.02 Å². The Kier molecular flexibility index (Phi) is 4.33. The summed E-state index contributed by atoms with van der Waals surface area (Å²) < 4.78 is 0. The quantitative estimate of drug-likeness (QED) is 0.554. The summed E-state index contributed by atoms with van der Waals surface area (Å²) in [4.78, 5) is 15.4. The Morgan fingerprint density at radius 3 is 2.86 bits per heavy atom. The molecule has 0 radical (unpaired) electrons. The first-order chi connectivity index (χ1) is 6.75. The van der Waals surface area contributed by atoms with E-state index in [1.165, 1.54) is 0 Å². The maximum Gasteiger partial charge on any atom is 0.164 e. The molecule has 0 amide bonds. The van der Waals surface area contributed by atoms with Crippen LogP contribution in [-0.2, 0) is 0 Å². The highest BCUT2D eigenvalue weighted by atomic mass is 35.5. The molecule has 0 fully saturated rings. The fraction of sp³-hybridized carbons (Fsp3) is 0.273. The van der Waals surface area contributed by atoms with Crippen molar-refractivity contribution in [1.82, 2.24) is 0 Å². The number of aliphatic imine (C=N–C) groups is 1. The lowest BCUT2D eigenvalue weighted by molar-refractivity contribution is 0.0985. The number of Topliss-reactive ketones (excluding diaryl/α,β-unsaturated/α-hetero) is 1. The van der Waals surface area contributed by atoms with Crippen LogP contribution in [0.4, 0.5) is 0 Å². The molecule has 0 saturated heterocycles. The highest BCUT2D eigenvalue weighted by molar-refractivity contribution is 6.33. The van der Waals surface area contributed by atoms with Crippen molar-refractivity contribution in [2.24, 2.45) is 4.99 Å². The van der Waals surface area contributed by atoms with Crippen molar-refractivity contribution in [2.75, 3.05) is 7.05 Å². The number of carbonyl (C=O) groups excluding carboxylic acids is 1. The Hall–Kier alpha value is -1.15. The number of benzene rings is 1. The maximum atomic E-state index is 11.6. The molecule has 14 heavy (non-hydrogen) atoms. The lowest BCUT2D eigenvalue weighted by atomic mass is 10.1. The zero-order valence-corrected chi connectivity index (χ0v) is 8.79. The summed E-state index contributed by atoms with van der Waals surface area (Å²) in [6.07, 6.45) is 2.86. The number of nitrogens with zero attached hydrogens (tertiary/aromatic N) is 1. The highest BCUT2D eigenvalue weighted by Gasteiger charge is 2.07. The number of halogens is 1. The fourth-order valence-electron chi connectivity index (χ4n) is 1.15. The van der Waals surface area contributed by atoms with E-state index >= 15 is 0 Å². The van der Waals surface area contributed by atoms with Crippen molar-refractivity contribution in [3.63, 3.8) is 0 Å². The molecule has 3 heteroatoms. The second kappa shape index (κ2) is 5.55. The minimum absolute atomic E-state index is 0.0653. The molecule has 0 heterocycles. The number of ketones is 1. The summed E-state index contributed by atoms with van der Waals surface area (Å²) in [5.74, 6) is 0.0653. The predicted octanol–water partition coefficient (Wildman–Crippen LogP) is 3.00. The molecule has 0 aromatic heterocycles. The van der Waals surface area contributed by atoms with E-state index in [9.17, 15) is 4.79 Å². The van der Waals surface area contributed by atoms with Crippen LogP contribution in [0.1, 0.15) is 23.2 Å². The van der Waals surface area contributed by atoms with Gasteiger partial charge in [-0.1, -0.05) is 23.7 Å².